The molecule has 2 aliphatic heterocycles. The van der Waals surface area contributed by atoms with Gasteiger partial charge in [-0.15, -0.1) is 0 Å². The third-order valence-electron chi connectivity index (χ3n) is 6.29. The average molecular weight is 464 g/mol. The second-order valence-electron chi connectivity index (χ2n) is 8.31. The Kier molecular flexibility index (Phi) is 4.81. The molecule has 0 aliphatic carbocycles. The van der Waals surface area contributed by atoms with Crippen molar-refractivity contribution < 1.29 is 28.5 Å². The van der Waals surface area contributed by atoms with Crippen molar-refractivity contribution in [1.82, 2.24) is 0 Å². The molecule has 2 saturated heterocycles. The van der Waals surface area contributed by atoms with Crippen molar-refractivity contribution in [3.8, 4) is 0 Å². The van der Waals surface area contributed by atoms with E-state index in [9.17, 15) is 9.59 Å². The molecule has 35 heavy (non-hydrogen) atoms. The van der Waals surface area contributed by atoms with Crippen LogP contribution in [0.5, 0.6) is 0 Å². The van der Waals surface area contributed by atoms with E-state index in [1.807, 2.05) is 24.3 Å². The summed E-state index contributed by atoms with van der Waals surface area (Å²) in [5.41, 5.74) is -1.33. The van der Waals surface area contributed by atoms with Gasteiger partial charge in [-0.2, -0.15) is 0 Å². The number of hydrogen-bond donors (Lipinski definition) is 0. The van der Waals surface area contributed by atoms with E-state index in [4.69, 9.17) is 18.9 Å². The lowest BCUT2D eigenvalue weighted by molar-refractivity contribution is -0.434. The van der Waals surface area contributed by atoms with Crippen LogP contribution in [0.15, 0.2) is 121 Å². The van der Waals surface area contributed by atoms with E-state index in [1.54, 1.807) is 97.1 Å². The van der Waals surface area contributed by atoms with Gasteiger partial charge in [-0.25, -0.2) is 9.59 Å². The molecule has 0 bridgehead atoms. The first-order chi connectivity index (χ1) is 17.1. The topological polar surface area (TPSA) is 71.1 Å². The van der Waals surface area contributed by atoms with Gasteiger partial charge in [-0.1, -0.05) is 121 Å². The minimum atomic E-state index is -2.38. The third kappa shape index (κ3) is 3.11. The van der Waals surface area contributed by atoms with E-state index >= 15 is 0 Å². The van der Waals surface area contributed by atoms with Crippen molar-refractivity contribution in [2.75, 3.05) is 0 Å². The maximum Gasteiger partial charge on any atom is 0.517 e. The molecule has 0 N–H and O–H groups in total. The van der Waals surface area contributed by atoms with Crippen LogP contribution >= 0.6 is 0 Å². The number of hydrogen-bond acceptors (Lipinski definition) is 6. The minimum absolute atomic E-state index is 0.518. The second-order valence-corrected chi connectivity index (χ2v) is 8.31. The Morgan fingerprint density at radius 1 is 0.400 bits per heavy atom. The minimum Gasteiger partial charge on any atom is -0.371 e. The van der Waals surface area contributed by atoms with Crippen molar-refractivity contribution in [3.05, 3.63) is 144 Å². The lowest BCUT2D eigenvalue weighted by Gasteiger charge is -2.28. The molecule has 2 heterocycles. The molecule has 0 atom stereocenters. The van der Waals surface area contributed by atoms with Gasteiger partial charge in [0.15, 0.2) is 0 Å². The highest BCUT2D eigenvalue weighted by Gasteiger charge is 2.72. The van der Waals surface area contributed by atoms with Gasteiger partial charge in [0.05, 0.1) is 0 Å². The van der Waals surface area contributed by atoms with Gasteiger partial charge >= 0.3 is 18.1 Å². The molecule has 6 heteroatoms. The molecule has 6 nitrogen and oxygen atoms in total. The van der Waals surface area contributed by atoms with Gasteiger partial charge in [0.2, 0.25) is 11.2 Å². The predicted octanol–water partition coefficient (Wildman–Crippen LogP) is 4.63. The Labute approximate surface area is 201 Å². The fourth-order valence-electron chi connectivity index (χ4n) is 4.69. The molecular formula is C29H20O6. The molecule has 0 amide bonds. The SMILES string of the molecule is O=C1OC2(OC(=O)C(c3ccccc3)(c3ccccc3)O2)OC1(c1ccccc1)c1ccccc1. The van der Waals surface area contributed by atoms with Crippen LogP contribution in [0, 0.1) is 0 Å². The molecule has 0 unspecified atom stereocenters. The highest BCUT2D eigenvalue weighted by Crippen LogP contribution is 2.53. The lowest BCUT2D eigenvalue weighted by atomic mass is 9.86. The van der Waals surface area contributed by atoms with Gasteiger partial charge in [0.25, 0.3) is 0 Å². The number of benzene rings is 4. The first-order valence-electron chi connectivity index (χ1n) is 11.2. The van der Waals surface area contributed by atoms with Crippen molar-refractivity contribution in [2.45, 2.75) is 17.4 Å². The number of carbonyl (C=O) groups is 2. The summed E-state index contributed by atoms with van der Waals surface area (Å²) in [5, 5.41) is 0. The summed E-state index contributed by atoms with van der Waals surface area (Å²) in [6.45, 7) is 0. The average Bonchev–Trinajstić information content (AvgIpc) is 3.38. The summed E-state index contributed by atoms with van der Waals surface area (Å²) in [5.74, 6) is -1.50. The molecule has 0 aromatic heterocycles. The van der Waals surface area contributed by atoms with Crippen molar-refractivity contribution in [1.29, 1.82) is 0 Å². The Hall–Kier alpha value is -4.26. The summed E-state index contributed by atoms with van der Waals surface area (Å²) in [6, 6.07) is 35.7. The van der Waals surface area contributed by atoms with Crippen LogP contribution in [0.25, 0.3) is 0 Å². The van der Waals surface area contributed by atoms with Gasteiger partial charge < -0.3 is 9.47 Å². The summed E-state index contributed by atoms with van der Waals surface area (Å²) >= 11 is 0. The predicted molar refractivity (Wildman–Crippen MR) is 124 cm³/mol. The van der Waals surface area contributed by atoms with Crippen LogP contribution in [-0.2, 0) is 39.7 Å². The van der Waals surface area contributed by atoms with E-state index in [2.05, 4.69) is 0 Å². The van der Waals surface area contributed by atoms with Gasteiger partial charge in [0, 0.05) is 22.3 Å². The Bertz CT molecular complexity index is 1180. The number of rotatable bonds is 4. The number of esters is 2. The van der Waals surface area contributed by atoms with Crippen LogP contribution in [-0.4, -0.2) is 18.1 Å². The maximum atomic E-state index is 13.6. The molecule has 0 radical (unpaired) electrons. The third-order valence-corrected chi connectivity index (χ3v) is 6.29. The summed E-state index contributed by atoms with van der Waals surface area (Å²) in [4.78, 5) is 27.3. The highest BCUT2D eigenvalue weighted by atomic mass is 17.1. The van der Waals surface area contributed by atoms with Gasteiger partial charge in [-0.05, 0) is 0 Å². The summed E-state index contributed by atoms with van der Waals surface area (Å²) < 4.78 is 24.0. The molecule has 0 saturated carbocycles. The smallest absolute Gasteiger partial charge is 0.371 e. The Balaban J connectivity index is 1.51. The molecule has 1 spiro atoms. The molecule has 4 aromatic carbocycles. The fourth-order valence-corrected chi connectivity index (χ4v) is 4.69. The quantitative estimate of drug-likeness (QED) is 0.410. The van der Waals surface area contributed by atoms with E-state index in [1.165, 1.54) is 0 Å². The summed E-state index contributed by atoms with van der Waals surface area (Å²) in [7, 11) is 0. The zero-order chi connectivity index (χ0) is 23.9. The van der Waals surface area contributed by atoms with Crippen LogP contribution in [0.4, 0.5) is 0 Å². The Morgan fingerprint density at radius 3 is 0.914 bits per heavy atom. The molecular weight excluding hydrogens is 444 g/mol. The first kappa shape index (κ1) is 21.3. The van der Waals surface area contributed by atoms with E-state index in [0.29, 0.717) is 22.3 Å². The number of carbonyl (C=O) groups excluding carboxylic acids is 2. The van der Waals surface area contributed by atoms with Crippen LogP contribution in [0.1, 0.15) is 22.3 Å². The monoisotopic (exact) mass is 464 g/mol. The van der Waals surface area contributed by atoms with Crippen LogP contribution in [0.2, 0.25) is 0 Å². The van der Waals surface area contributed by atoms with Crippen molar-refractivity contribution in [3.63, 3.8) is 0 Å². The highest BCUT2D eigenvalue weighted by molar-refractivity contribution is 5.90. The van der Waals surface area contributed by atoms with E-state index in [0.717, 1.165) is 0 Å². The van der Waals surface area contributed by atoms with E-state index in [-0.39, 0.29) is 0 Å². The molecule has 6 rings (SSSR count). The van der Waals surface area contributed by atoms with E-state index < -0.39 is 29.3 Å². The second kappa shape index (κ2) is 7.91. The molecule has 2 fully saturated rings. The Morgan fingerprint density at radius 2 is 0.657 bits per heavy atom. The normalized spacial score (nSPS) is 19.3. The van der Waals surface area contributed by atoms with Crippen molar-refractivity contribution >= 4 is 11.9 Å². The van der Waals surface area contributed by atoms with Crippen LogP contribution < -0.4 is 0 Å². The standard InChI is InChI=1S/C29H20O6/c30-25-27(21-13-5-1-6-14-21,22-15-7-2-8-16-22)34-29(32-25)33-26(31)28(35-29,23-17-9-3-10-18-23)24-19-11-4-12-20-24/h1-20H. The molecule has 2 aliphatic rings. The maximum absolute atomic E-state index is 13.6. The zero-order valence-corrected chi connectivity index (χ0v) is 18.5. The molecule has 4 aromatic rings. The van der Waals surface area contributed by atoms with Gasteiger partial charge in [-0.3, -0.25) is 9.47 Å². The summed E-state index contributed by atoms with van der Waals surface area (Å²) in [6.07, 6.45) is -2.38. The lowest BCUT2D eigenvalue weighted by Crippen LogP contribution is -2.40. The van der Waals surface area contributed by atoms with Gasteiger partial charge in [0.1, 0.15) is 0 Å². The zero-order valence-electron chi connectivity index (χ0n) is 18.5. The largest absolute Gasteiger partial charge is 0.517 e. The van der Waals surface area contributed by atoms with Crippen LogP contribution in [0.3, 0.4) is 0 Å². The van der Waals surface area contributed by atoms with Crippen molar-refractivity contribution in [2.24, 2.45) is 0 Å². The fraction of sp³-hybridized carbons (Fsp3) is 0.103. The first-order valence-corrected chi connectivity index (χ1v) is 11.2. The molecule has 172 valence electrons. The number of ether oxygens (including phenoxy) is 4.